The molecule has 0 amide bonds. The van der Waals surface area contributed by atoms with Gasteiger partial charge in [0, 0.05) is 28.4 Å². The van der Waals surface area contributed by atoms with Gasteiger partial charge in [0.05, 0.1) is 5.56 Å². The summed E-state index contributed by atoms with van der Waals surface area (Å²) >= 11 is 1.62. The highest BCUT2D eigenvalue weighted by atomic mass is 32.1. The summed E-state index contributed by atoms with van der Waals surface area (Å²) in [4.78, 5) is 22.4. The molecule has 2 aromatic heterocycles. The summed E-state index contributed by atoms with van der Waals surface area (Å²) in [6, 6.07) is 20.4. The summed E-state index contributed by atoms with van der Waals surface area (Å²) in [7, 11) is 0. The smallest absolute Gasteiger partial charge is 0.321 e. The van der Waals surface area contributed by atoms with Gasteiger partial charge in [-0.1, -0.05) is 48.5 Å². The minimum atomic E-state index is -0.101. The molecule has 0 bridgehead atoms. The van der Waals surface area contributed by atoms with Crippen LogP contribution in [0.2, 0.25) is 0 Å². The molecule has 0 saturated carbocycles. The van der Waals surface area contributed by atoms with Crippen molar-refractivity contribution in [3.05, 3.63) is 95.6 Å². The maximum absolute atomic E-state index is 12.7. The first-order valence-corrected chi connectivity index (χ1v) is 8.92. The number of carbonyl (C=O) groups is 1. The SMILES string of the molecule is O=C(c1ccccc1)c1ccccc1Oc1ncc(-c2cccs2)cn1. The summed E-state index contributed by atoms with van der Waals surface area (Å²) in [6.07, 6.45) is 3.44. The molecule has 0 aliphatic rings. The summed E-state index contributed by atoms with van der Waals surface area (Å²) in [5, 5.41) is 2.01. The molecule has 2 aromatic carbocycles. The van der Waals surface area contributed by atoms with E-state index in [4.69, 9.17) is 4.74 Å². The van der Waals surface area contributed by atoms with Crippen LogP contribution in [-0.4, -0.2) is 15.8 Å². The largest absolute Gasteiger partial charge is 0.424 e. The van der Waals surface area contributed by atoms with Crippen LogP contribution >= 0.6 is 11.3 Å². The average molecular weight is 358 g/mol. The molecule has 0 atom stereocenters. The minimum absolute atomic E-state index is 0.101. The molecule has 126 valence electrons. The lowest BCUT2D eigenvalue weighted by molar-refractivity contribution is 0.103. The molecule has 4 rings (SSSR count). The number of carbonyl (C=O) groups excluding carboxylic acids is 1. The van der Waals surface area contributed by atoms with Gasteiger partial charge in [-0.05, 0) is 23.6 Å². The molecule has 0 spiro atoms. The molecule has 0 radical (unpaired) electrons. The van der Waals surface area contributed by atoms with Crippen molar-refractivity contribution in [2.24, 2.45) is 0 Å². The van der Waals surface area contributed by atoms with E-state index in [1.807, 2.05) is 47.8 Å². The van der Waals surface area contributed by atoms with E-state index in [-0.39, 0.29) is 11.8 Å². The van der Waals surface area contributed by atoms with Crippen LogP contribution in [0.25, 0.3) is 10.4 Å². The second-order valence-electron chi connectivity index (χ2n) is 5.52. The van der Waals surface area contributed by atoms with Crippen molar-refractivity contribution in [3.8, 4) is 22.2 Å². The maximum atomic E-state index is 12.7. The number of rotatable bonds is 5. The van der Waals surface area contributed by atoms with Gasteiger partial charge in [0.25, 0.3) is 0 Å². The molecule has 0 aliphatic carbocycles. The van der Waals surface area contributed by atoms with Crippen LogP contribution in [0.3, 0.4) is 0 Å². The zero-order valence-corrected chi connectivity index (χ0v) is 14.5. The van der Waals surface area contributed by atoms with E-state index in [2.05, 4.69) is 9.97 Å². The van der Waals surface area contributed by atoms with Crippen molar-refractivity contribution >= 4 is 17.1 Å². The number of hydrogen-bond donors (Lipinski definition) is 0. The minimum Gasteiger partial charge on any atom is -0.424 e. The van der Waals surface area contributed by atoms with Crippen LogP contribution in [0.4, 0.5) is 0 Å². The van der Waals surface area contributed by atoms with E-state index in [9.17, 15) is 4.79 Å². The Hall–Kier alpha value is -3.31. The second kappa shape index (κ2) is 7.29. The molecule has 0 N–H and O–H groups in total. The lowest BCUT2D eigenvalue weighted by Crippen LogP contribution is -2.04. The van der Waals surface area contributed by atoms with Crippen LogP contribution < -0.4 is 4.74 Å². The fraction of sp³-hybridized carbons (Fsp3) is 0. The van der Waals surface area contributed by atoms with E-state index in [0.29, 0.717) is 16.9 Å². The Morgan fingerprint density at radius 2 is 1.58 bits per heavy atom. The fourth-order valence-corrected chi connectivity index (χ4v) is 3.23. The number of thiophene rings is 1. The number of ketones is 1. The highest BCUT2D eigenvalue weighted by Crippen LogP contribution is 2.27. The monoisotopic (exact) mass is 358 g/mol. The third-order valence-corrected chi connectivity index (χ3v) is 4.72. The quantitative estimate of drug-likeness (QED) is 0.459. The third-order valence-electron chi connectivity index (χ3n) is 3.80. The molecule has 4 aromatic rings. The highest BCUT2D eigenvalue weighted by molar-refractivity contribution is 7.13. The average Bonchev–Trinajstić information content (AvgIpc) is 3.24. The van der Waals surface area contributed by atoms with E-state index in [1.165, 1.54) is 0 Å². The number of ether oxygens (including phenoxy) is 1. The van der Waals surface area contributed by atoms with E-state index in [0.717, 1.165) is 10.4 Å². The summed E-state index contributed by atoms with van der Waals surface area (Å²) in [6.45, 7) is 0. The highest BCUT2D eigenvalue weighted by Gasteiger charge is 2.15. The normalized spacial score (nSPS) is 10.5. The first-order chi connectivity index (χ1) is 12.8. The van der Waals surface area contributed by atoms with Crippen molar-refractivity contribution in [2.45, 2.75) is 0 Å². The number of aromatic nitrogens is 2. The topological polar surface area (TPSA) is 52.1 Å². The third kappa shape index (κ3) is 3.38. The second-order valence-corrected chi connectivity index (χ2v) is 6.47. The van der Waals surface area contributed by atoms with Crippen LogP contribution in [0.1, 0.15) is 15.9 Å². The number of nitrogens with zero attached hydrogens (tertiary/aromatic N) is 2. The first kappa shape index (κ1) is 16.2. The van der Waals surface area contributed by atoms with Crippen LogP contribution in [0.5, 0.6) is 11.8 Å². The first-order valence-electron chi connectivity index (χ1n) is 8.04. The van der Waals surface area contributed by atoms with Crippen molar-refractivity contribution in [3.63, 3.8) is 0 Å². The van der Waals surface area contributed by atoms with Crippen LogP contribution in [0.15, 0.2) is 84.5 Å². The van der Waals surface area contributed by atoms with E-state index < -0.39 is 0 Å². The molecule has 2 heterocycles. The fourth-order valence-electron chi connectivity index (χ4n) is 2.53. The summed E-state index contributed by atoms with van der Waals surface area (Å²) in [5.41, 5.74) is 2.02. The van der Waals surface area contributed by atoms with Gasteiger partial charge >= 0.3 is 6.01 Å². The maximum Gasteiger partial charge on any atom is 0.321 e. The van der Waals surface area contributed by atoms with Gasteiger partial charge < -0.3 is 4.74 Å². The Balaban J connectivity index is 1.60. The van der Waals surface area contributed by atoms with Gasteiger partial charge in [0.15, 0.2) is 5.78 Å². The standard InChI is InChI=1S/C21H14N2O2S/c24-20(15-7-2-1-3-8-15)17-9-4-5-10-18(17)25-21-22-13-16(14-23-21)19-11-6-12-26-19/h1-14H. The van der Waals surface area contributed by atoms with Gasteiger partial charge in [-0.3, -0.25) is 4.79 Å². The Morgan fingerprint density at radius 1 is 0.846 bits per heavy atom. The molecule has 0 saturated heterocycles. The van der Waals surface area contributed by atoms with Crippen molar-refractivity contribution < 1.29 is 9.53 Å². The number of hydrogen-bond acceptors (Lipinski definition) is 5. The van der Waals surface area contributed by atoms with Gasteiger partial charge in [0.1, 0.15) is 5.75 Å². The van der Waals surface area contributed by atoms with E-state index >= 15 is 0 Å². The zero-order chi connectivity index (χ0) is 17.8. The van der Waals surface area contributed by atoms with Gasteiger partial charge in [-0.25, -0.2) is 9.97 Å². The van der Waals surface area contributed by atoms with Gasteiger partial charge in [-0.15, -0.1) is 11.3 Å². The van der Waals surface area contributed by atoms with Crippen molar-refractivity contribution in [2.75, 3.05) is 0 Å². The summed E-state index contributed by atoms with van der Waals surface area (Å²) < 4.78 is 5.78. The Labute approximate surface area is 154 Å². The Bertz CT molecular complexity index is 1010. The van der Waals surface area contributed by atoms with Gasteiger partial charge in [0.2, 0.25) is 0 Å². The van der Waals surface area contributed by atoms with Crippen molar-refractivity contribution in [1.82, 2.24) is 9.97 Å². The number of para-hydroxylation sites is 1. The predicted octanol–water partition coefficient (Wildman–Crippen LogP) is 5.23. The Kier molecular flexibility index (Phi) is 4.53. The van der Waals surface area contributed by atoms with Crippen LogP contribution in [0, 0.1) is 0 Å². The van der Waals surface area contributed by atoms with E-state index in [1.54, 1.807) is 48.0 Å². The molecule has 26 heavy (non-hydrogen) atoms. The molecule has 4 nitrogen and oxygen atoms in total. The molecule has 5 heteroatoms. The van der Waals surface area contributed by atoms with Crippen molar-refractivity contribution in [1.29, 1.82) is 0 Å². The van der Waals surface area contributed by atoms with Gasteiger partial charge in [-0.2, -0.15) is 0 Å². The lowest BCUT2D eigenvalue weighted by Gasteiger charge is -2.09. The zero-order valence-electron chi connectivity index (χ0n) is 13.7. The molecular weight excluding hydrogens is 344 g/mol. The lowest BCUT2D eigenvalue weighted by atomic mass is 10.0. The predicted molar refractivity (Wildman–Crippen MR) is 102 cm³/mol. The Morgan fingerprint density at radius 3 is 2.31 bits per heavy atom. The molecule has 0 unspecified atom stereocenters. The molecule has 0 fully saturated rings. The molecule has 0 aliphatic heterocycles. The number of benzene rings is 2. The molecular formula is C21H14N2O2S. The summed E-state index contributed by atoms with van der Waals surface area (Å²) in [5.74, 6) is 0.335. The van der Waals surface area contributed by atoms with Crippen LogP contribution in [-0.2, 0) is 0 Å².